The van der Waals surface area contributed by atoms with Crippen molar-refractivity contribution in [3.05, 3.63) is 65.7 Å². The summed E-state index contributed by atoms with van der Waals surface area (Å²) < 4.78 is 2.01. The van der Waals surface area contributed by atoms with E-state index in [0.29, 0.717) is 19.6 Å². The number of nitrogens with one attached hydrogen (secondary N) is 1. The minimum atomic E-state index is -0.430. The largest absolute Gasteiger partial charge is 0.350 e. The minimum Gasteiger partial charge on any atom is -0.350 e. The number of imidazole rings is 1. The van der Waals surface area contributed by atoms with Gasteiger partial charge in [-0.1, -0.05) is 30.3 Å². The van der Waals surface area contributed by atoms with Crippen LogP contribution in [0.15, 0.2) is 54.4 Å². The maximum Gasteiger partial charge on any atom is 0.230 e. The Morgan fingerprint density at radius 1 is 1.26 bits per heavy atom. The fraction of sp³-hybridized carbons (Fsp3) is 0.350. The predicted molar refractivity (Wildman–Crippen MR) is 107 cm³/mol. The summed E-state index contributed by atoms with van der Waals surface area (Å²) in [5.74, 6) is 0.0882. The van der Waals surface area contributed by atoms with Gasteiger partial charge in [0.15, 0.2) is 5.13 Å². The van der Waals surface area contributed by atoms with E-state index in [2.05, 4.69) is 39.2 Å². The highest BCUT2D eigenvalue weighted by molar-refractivity contribution is 7.13. The van der Waals surface area contributed by atoms with Gasteiger partial charge in [-0.05, 0) is 18.9 Å². The van der Waals surface area contributed by atoms with E-state index in [4.69, 9.17) is 0 Å². The molecule has 1 aliphatic heterocycles. The van der Waals surface area contributed by atoms with Crippen molar-refractivity contribution in [2.24, 2.45) is 5.41 Å². The second-order valence-electron chi connectivity index (χ2n) is 6.99. The Kier molecular flexibility index (Phi) is 4.94. The first-order valence-electron chi connectivity index (χ1n) is 9.16. The summed E-state index contributed by atoms with van der Waals surface area (Å²) in [6.45, 7) is 4.77. The smallest absolute Gasteiger partial charge is 0.230 e. The number of benzene rings is 1. The van der Waals surface area contributed by atoms with E-state index in [9.17, 15) is 4.79 Å². The molecular weight excluding hydrogens is 358 g/mol. The molecule has 1 N–H and O–H groups in total. The van der Waals surface area contributed by atoms with Crippen LogP contribution < -0.4 is 10.2 Å². The highest BCUT2D eigenvalue weighted by Gasteiger charge is 2.49. The molecule has 1 aliphatic rings. The molecule has 27 heavy (non-hydrogen) atoms. The van der Waals surface area contributed by atoms with Gasteiger partial charge in [0, 0.05) is 37.4 Å². The molecule has 7 heteroatoms. The molecule has 0 radical (unpaired) electrons. The Morgan fingerprint density at radius 3 is 2.74 bits per heavy atom. The van der Waals surface area contributed by atoms with Gasteiger partial charge < -0.3 is 14.8 Å². The van der Waals surface area contributed by atoms with Crippen molar-refractivity contribution in [1.29, 1.82) is 0 Å². The van der Waals surface area contributed by atoms with Crippen LogP contribution in [0, 0.1) is 5.41 Å². The number of carbonyl (C=O) groups is 1. The van der Waals surface area contributed by atoms with Crippen molar-refractivity contribution >= 4 is 22.4 Å². The number of amides is 1. The van der Waals surface area contributed by atoms with Gasteiger partial charge in [0.05, 0.1) is 24.0 Å². The molecule has 0 aliphatic carbocycles. The molecule has 140 valence electrons. The molecule has 4 rings (SSSR count). The van der Waals surface area contributed by atoms with Gasteiger partial charge in [0.25, 0.3) is 0 Å². The first kappa shape index (κ1) is 17.7. The van der Waals surface area contributed by atoms with Crippen LogP contribution in [0.1, 0.15) is 18.2 Å². The quantitative estimate of drug-likeness (QED) is 0.684. The zero-order valence-corrected chi connectivity index (χ0v) is 16.2. The van der Waals surface area contributed by atoms with Crippen molar-refractivity contribution in [2.45, 2.75) is 26.4 Å². The monoisotopic (exact) mass is 381 g/mol. The Labute approximate surface area is 162 Å². The van der Waals surface area contributed by atoms with Crippen LogP contribution in [0.3, 0.4) is 0 Å². The average molecular weight is 382 g/mol. The number of anilines is 1. The van der Waals surface area contributed by atoms with E-state index in [1.54, 1.807) is 23.9 Å². The lowest BCUT2D eigenvalue weighted by Crippen LogP contribution is -2.64. The number of carbonyl (C=O) groups excluding carboxylic acids is 1. The van der Waals surface area contributed by atoms with Gasteiger partial charge in [-0.15, -0.1) is 11.3 Å². The fourth-order valence-corrected chi connectivity index (χ4v) is 4.19. The normalized spacial score (nSPS) is 15.4. The van der Waals surface area contributed by atoms with E-state index in [1.165, 1.54) is 5.56 Å². The third-order valence-electron chi connectivity index (χ3n) is 5.03. The maximum absolute atomic E-state index is 13.1. The summed E-state index contributed by atoms with van der Waals surface area (Å²) in [4.78, 5) is 24.0. The Morgan fingerprint density at radius 2 is 2.07 bits per heavy atom. The topological polar surface area (TPSA) is 63.1 Å². The molecule has 0 saturated carbocycles. The van der Waals surface area contributed by atoms with Gasteiger partial charge in [0.1, 0.15) is 0 Å². The molecule has 3 heterocycles. The van der Waals surface area contributed by atoms with Gasteiger partial charge in [0.2, 0.25) is 5.91 Å². The summed E-state index contributed by atoms with van der Waals surface area (Å²) in [7, 11) is 0. The predicted octanol–water partition coefficient (Wildman–Crippen LogP) is 2.73. The summed E-state index contributed by atoms with van der Waals surface area (Å²) in [6.07, 6.45) is 6.31. The summed E-state index contributed by atoms with van der Waals surface area (Å²) >= 11 is 1.61. The molecule has 6 nitrogen and oxygen atoms in total. The van der Waals surface area contributed by atoms with Crippen LogP contribution in [-0.2, 0) is 24.3 Å². The van der Waals surface area contributed by atoms with E-state index in [-0.39, 0.29) is 5.91 Å². The number of aromatic nitrogens is 3. The number of thiazole rings is 1. The van der Waals surface area contributed by atoms with Crippen molar-refractivity contribution in [1.82, 2.24) is 19.9 Å². The Balaban J connectivity index is 1.46. The van der Waals surface area contributed by atoms with Crippen LogP contribution in [0.4, 0.5) is 5.13 Å². The lowest BCUT2D eigenvalue weighted by atomic mass is 9.74. The second-order valence-corrected chi connectivity index (χ2v) is 7.86. The van der Waals surface area contributed by atoms with Gasteiger partial charge in [-0.25, -0.2) is 9.97 Å². The number of aryl methyl sites for hydroxylation is 1. The zero-order chi connectivity index (χ0) is 18.7. The van der Waals surface area contributed by atoms with E-state index >= 15 is 0 Å². The first-order valence-corrected chi connectivity index (χ1v) is 10.0. The number of rotatable bonds is 7. The van der Waals surface area contributed by atoms with Gasteiger partial charge >= 0.3 is 0 Å². The van der Waals surface area contributed by atoms with E-state index in [0.717, 1.165) is 23.8 Å². The highest BCUT2D eigenvalue weighted by Crippen LogP contribution is 2.38. The van der Waals surface area contributed by atoms with Crippen molar-refractivity contribution in [3.63, 3.8) is 0 Å². The van der Waals surface area contributed by atoms with Crippen LogP contribution in [0.2, 0.25) is 0 Å². The number of hydrogen-bond donors (Lipinski definition) is 1. The molecule has 1 saturated heterocycles. The van der Waals surface area contributed by atoms with E-state index in [1.807, 2.05) is 34.3 Å². The van der Waals surface area contributed by atoms with E-state index < -0.39 is 5.41 Å². The molecule has 1 amide bonds. The van der Waals surface area contributed by atoms with Crippen LogP contribution in [0.25, 0.3) is 0 Å². The molecule has 2 aromatic heterocycles. The molecule has 3 aromatic rings. The van der Waals surface area contributed by atoms with Crippen LogP contribution in [0.5, 0.6) is 0 Å². The van der Waals surface area contributed by atoms with Crippen molar-refractivity contribution in [3.8, 4) is 0 Å². The average Bonchev–Trinajstić information content (AvgIpc) is 3.35. The molecule has 0 atom stereocenters. The van der Waals surface area contributed by atoms with Crippen LogP contribution in [-0.4, -0.2) is 33.5 Å². The summed E-state index contributed by atoms with van der Waals surface area (Å²) in [5, 5.41) is 6.06. The third-order valence-corrected chi connectivity index (χ3v) is 5.86. The van der Waals surface area contributed by atoms with Gasteiger partial charge in [-0.2, -0.15) is 0 Å². The minimum absolute atomic E-state index is 0.0882. The highest BCUT2D eigenvalue weighted by atomic mass is 32.1. The SMILES string of the molecule is CCn1cnc(CNC(=O)C2(Cc3ccccc3)CN(c3nccs3)C2)c1. The van der Waals surface area contributed by atoms with Crippen molar-refractivity contribution < 1.29 is 4.79 Å². The zero-order valence-electron chi connectivity index (χ0n) is 15.3. The summed E-state index contributed by atoms with van der Waals surface area (Å²) in [6, 6.07) is 10.2. The lowest BCUT2D eigenvalue weighted by Gasteiger charge is -2.49. The van der Waals surface area contributed by atoms with Gasteiger partial charge in [-0.3, -0.25) is 4.79 Å². The second kappa shape index (κ2) is 7.52. The Hall–Kier alpha value is -2.67. The molecule has 0 spiro atoms. The first-order chi connectivity index (χ1) is 13.2. The molecule has 0 bridgehead atoms. The summed E-state index contributed by atoms with van der Waals surface area (Å²) in [5.41, 5.74) is 1.64. The molecule has 1 fully saturated rings. The number of nitrogens with zero attached hydrogens (tertiary/aromatic N) is 4. The third kappa shape index (κ3) is 3.73. The fourth-order valence-electron chi connectivity index (χ4n) is 3.54. The maximum atomic E-state index is 13.1. The molecule has 1 aromatic carbocycles. The Bertz CT molecular complexity index is 884. The van der Waals surface area contributed by atoms with Crippen LogP contribution >= 0.6 is 11.3 Å². The number of hydrogen-bond acceptors (Lipinski definition) is 5. The lowest BCUT2D eigenvalue weighted by molar-refractivity contribution is -0.132. The molecule has 0 unspecified atom stereocenters. The standard InChI is InChI=1S/C20H23N5OS/c1-2-24-12-17(23-15-24)11-22-18(26)20(10-16-6-4-3-5-7-16)13-25(14-20)19-21-8-9-27-19/h3-9,12,15H,2,10-11,13-14H2,1H3,(H,22,26). The molecular formula is C20H23N5OS. The van der Waals surface area contributed by atoms with Crippen molar-refractivity contribution in [2.75, 3.05) is 18.0 Å².